The minimum atomic E-state index is -0.163. The second-order valence-electron chi connectivity index (χ2n) is 5.11. The van der Waals surface area contributed by atoms with Crippen LogP contribution in [0.2, 0.25) is 0 Å². The molecule has 0 saturated heterocycles. The molecule has 3 rings (SSSR count). The first-order valence-corrected chi connectivity index (χ1v) is 6.85. The Kier molecular flexibility index (Phi) is 3.48. The van der Waals surface area contributed by atoms with Gasteiger partial charge in [-0.1, -0.05) is 24.3 Å². The highest BCUT2D eigenvalue weighted by molar-refractivity contribution is 5.98. The Morgan fingerprint density at radius 3 is 2.62 bits per heavy atom. The van der Waals surface area contributed by atoms with Gasteiger partial charge in [0.25, 0.3) is 0 Å². The van der Waals surface area contributed by atoms with Crippen molar-refractivity contribution in [3.8, 4) is 5.75 Å². The monoisotopic (exact) mass is 280 g/mol. The van der Waals surface area contributed by atoms with Crippen molar-refractivity contribution < 1.29 is 13.9 Å². The van der Waals surface area contributed by atoms with E-state index in [0.29, 0.717) is 17.1 Å². The standard InChI is InChI=1S/C18H16O3/c1-12-7-8-15(9-13(12)2)20-11-16(19)18-10-14-5-3-4-6-17(14)21-18/h3-10H,11H2,1-2H3. The molecule has 0 amide bonds. The number of fused-ring (bicyclic) bond motifs is 1. The molecule has 0 aliphatic carbocycles. The van der Waals surface area contributed by atoms with Crippen molar-refractivity contribution >= 4 is 16.8 Å². The first kappa shape index (κ1) is 13.4. The Bertz CT molecular complexity index is 766. The number of furan rings is 1. The Balaban J connectivity index is 1.72. The second-order valence-corrected chi connectivity index (χ2v) is 5.11. The minimum absolute atomic E-state index is 0.0255. The van der Waals surface area contributed by atoms with Crippen molar-refractivity contribution in [3.05, 3.63) is 65.4 Å². The summed E-state index contributed by atoms with van der Waals surface area (Å²) in [6.07, 6.45) is 0. The summed E-state index contributed by atoms with van der Waals surface area (Å²) >= 11 is 0. The highest BCUT2D eigenvalue weighted by atomic mass is 16.5. The second kappa shape index (κ2) is 5.44. The summed E-state index contributed by atoms with van der Waals surface area (Å²) in [6.45, 7) is 4.03. The molecular weight excluding hydrogens is 264 g/mol. The van der Waals surface area contributed by atoms with E-state index >= 15 is 0 Å². The molecule has 0 spiro atoms. The fourth-order valence-corrected chi connectivity index (χ4v) is 2.14. The number of ether oxygens (including phenoxy) is 1. The van der Waals surface area contributed by atoms with E-state index in [1.807, 2.05) is 56.3 Å². The quantitative estimate of drug-likeness (QED) is 0.668. The fourth-order valence-electron chi connectivity index (χ4n) is 2.14. The van der Waals surface area contributed by atoms with Gasteiger partial charge in [-0.15, -0.1) is 0 Å². The fraction of sp³-hybridized carbons (Fsp3) is 0.167. The molecule has 3 aromatic rings. The van der Waals surface area contributed by atoms with Gasteiger partial charge in [0.05, 0.1) is 0 Å². The van der Waals surface area contributed by atoms with Crippen LogP contribution in [0.3, 0.4) is 0 Å². The molecule has 0 saturated carbocycles. The zero-order chi connectivity index (χ0) is 14.8. The molecule has 3 heteroatoms. The van der Waals surface area contributed by atoms with Crippen molar-refractivity contribution in [1.82, 2.24) is 0 Å². The van der Waals surface area contributed by atoms with Gasteiger partial charge in [-0.25, -0.2) is 0 Å². The number of ketones is 1. The molecule has 0 unspecified atom stereocenters. The molecule has 0 atom stereocenters. The first-order valence-electron chi connectivity index (χ1n) is 6.85. The SMILES string of the molecule is Cc1ccc(OCC(=O)c2cc3ccccc3o2)cc1C. The maximum Gasteiger partial charge on any atom is 0.235 e. The predicted octanol–water partition coefficient (Wildman–Crippen LogP) is 4.31. The topological polar surface area (TPSA) is 39.4 Å². The number of aryl methyl sites for hydroxylation is 2. The molecule has 21 heavy (non-hydrogen) atoms. The van der Waals surface area contributed by atoms with Crippen LogP contribution in [0.5, 0.6) is 5.75 Å². The van der Waals surface area contributed by atoms with Gasteiger partial charge in [-0.3, -0.25) is 4.79 Å². The Morgan fingerprint density at radius 2 is 1.86 bits per heavy atom. The first-order chi connectivity index (χ1) is 10.1. The third kappa shape index (κ3) is 2.82. The maximum absolute atomic E-state index is 12.1. The number of hydrogen-bond acceptors (Lipinski definition) is 3. The van der Waals surface area contributed by atoms with Crippen molar-refractivity contribution in [2.75, 3.05) is 6.61 Å². The highest BCUT2D eigenvalue weighted by Crippen LogP contribution is 2.20. The lowest BCUT2D eigenvalue weighted by Crippen LogP contribution is -2.10. The molecule has 0 bridgehead atoms. The average molecular weight is 280 g/mol. The summed E-state index contributed by atoms with van der Waals surface area (Å²) < 4.78 is 11.1. The smallest absolute Gasteiger partial charge is 0.235 e. The summed E-state index contributed by atoms with van der Waals surface area (Å²) in [7, 11) is 0. The molecule has 1 aromatic heterocycles. The van der Waals surface area contributed by atoms with Crippen LogP contribution in [-0.2, 0) is 0 Å². The lowest BCUT2D eigenvalue weighted by molar-refractivity contribution is 0.0896. The molecule has 2 aromatic carbocycles. The van der Waals surface area contributed by atoms with E-state index in [-0.39, 0.29) is 12.4 Å². The van der Waals surface area contributed by atoms with Crippen LogP contribution in [0.1, 0.15) is 21.7 Å². The summed E-state index contributed by atoms with van der Waals surface area (Å²) in [5.41, 5.74) is 3.06. The van der Waals surface area contributed by atoms with Gasteiger partial charge in [-0.2, -0.15) is 0 Å². The van der Waals surface area contributed by atoms with Crippen molar-refractivity contribution in [1.29, 1.82) is 0 Å². The number of rotatable bonds is 4. The van der Waals surface area contributed by atoms with E-state index in [0.717, 1.165) is 10.9 Å². The Morgan fingerprint density at radius 1 is 1.05 bits per heavy atom. The van der Waals surface area contributed by atoms with Crippen molar-refractivity contribution in [3.63, 3.8) is 0 Å². The van der Waals surface area contributed by atoms with Crippen molar-refractivity contribution in [2.24, 2.45) is 0 Å². The Hall–Kier alpha value is -2.55. The van der Waals surface area contributed by atoms with Crippen LogP contribution >= 0.6 is 0 Å². The lowest BCUT2D eigenvalue weighted by atomic mass is 10.1. The van der Waals surface area contributed by atoms with Crippen molar-refractivity contribution in [2.45, 2.75) is 13.8 Å². The van der Waals surface area contributed by atoms with Crippen LogP contribution in [0.25, 0.3) is 11.0 Å². The summed E-state index contributed by atoms with van der Waals surface area (Å²) in [4.78, 5) is 12.1. The van der Waals surface area contributed by atoms with E-state index in [1.54, 1.807) is 6.07 Å². The average Bonchev–Trinajstić information content (AvgIpc) is 2.92. The summed E-state index contributed by atoms with van der Waals surface area (Å²) in [5.74, 6) is 0.868. The third-order valence-electron chi connectivity index (χ3n) is 3.55. The van der Waals surface area contributed by atoms with Gasteiger partial charge in [0.1, 0.15) is 11.3 Å². The van der Waals surface area contributed by atoms with Gasteiger partial charge in [0.2, 0.25) is 5.78 Å². The van der Waals surface area contributed by atoms with Crippen LogP contribution in [0.15, 0.2) is 52.9 Å². The molecule has 0 radical (unpaired) electrons. The third-order valence-corrected chi connectivity index (χ3v) is 3.55. The van der Waals surface area contributed by atoms with E-state index in [4.69, 9.17) is 9.15 Å². The van der Waals surface area contributed by atoms with Gasteiger partial charge in [0, 0.05) is 5.39 Å². The van der Waals surface area contributed by atoms with Gasteiger partial charge in [-0.05, 0) is 49.2 Å². The van der Waals surface area contributed by atoms with Crippen LogP contribution < -0.4 is 4.74 Å². The largest absolute Gasteiger partial charge is 0.485 e. The number of carbonyl (C=O) groups excluding carboxylic acids is 1. The zero-order valence-electron chi connectivity index (χ0n) is 12.1. The number of carbonyl (C=O) groups is 1. The highest BCUT2D eigenvalue weighted by Gasteiger charge is 2.13. The van der Waals surface area contributed by atoms with Crippen LogP contribution in [0, 0.1) is 13.8 Å². The molecule has 3 nitrogen and oxygen atoms in total. The number of para-hydroxylation sites is 1. The molecule has 0 N–H and O–H groups in total. The molecular formula is C18H16O3. The van der Waals surface area contributed by atoms with E-state index in [1.165, 1.54) is 5.56 Å². The molecule has 106 valence electrons. The molecule has 0 fully saturated rings. The molecule has 0 aliphatic heterocycles. The summed E-state index contributed by atoms with van der Waals surface area (Å²) in [6, 6.07) is 15.1. The van der Waals surface area contributed by atoms with E-state index < -0.39 is 0 Å². The van der Waals surface area contributed by atoms with E-state index in [2.05, 4.69) is 0 Å². The maximum atomic E-state index is 12.1. The summed E-state index contributed by atoms with van der Waals surface area (Å²) in [5, 5.41) is 0.923. The van der Waals surface area contributed by atoms with Crippen LogP contribution in [0.4, 0.5) is 0 Å². The molecule has 1 heterocycles. The van der Waals surface area contributed by atoms with Gasteiger partial charge >= 0.3 is 0 Å². The number of hydrogen-bond donors (Lipinski definition) is 0. The Labute approximate surface area is 123 Å². The lowest BCUT2D eigenvalue weighted by Gasteiger charge is -2.06. The number of Topliss-reactive ketones (excluding diaryl/α,β-unsaturated/α-hetero) is 1. The number of benzene rings is 2. The van der Waals surface area contributed by atoms with Crippen LogP contribution in [-0.4, -0.2) is 12.4 Å². The van der Waals surface area contributed by atoms with Gasteiger partial charge in [0.15, 0.2) is 12.4 Å². The van der Waals surface area contributed by atoms with E-state index in [9.17, 15) is 4.79 Å². The normalized spacial score (nSPS) is 10.8. The zero-order valence-corrected chi connectivity index (χ0v) is 12.1. The predicted molar refractivity (Wildman–Crippen MR) is 82.0 cm³/mol. The molecule has 0 aliphatic rings. The van der Waals surface area contributed by atoms with Gasteiger partial charge < -0.3 is 9.15 Å². The minimum Gasteiger partial charge on any atom is -0.485 e.